The fourth-order valence-electron chi connectivity index (χ4n) is 3.19. The Bertz CT molecular complexity index is 347. The summed E-state index contributed by atoms with van der Waals surface area (Å²) in [5.41, 5.74) is 1.75. The summed E-state index contributed by atoms with van der Waals surface area (Å²) in [4.78, 5) is 2.55. The van der Waals surface area contributed by atoms with Gasteiger partial charge in [0, 0.05) is 19.7 Å². The summed E-state index contributed by atoms with van der Waals surface area (Å²) < 4.78 is 0. The lowest BCUT2D eigenvalue weighted by Crippen LogP contribution is -2.43. The Kier molecular flexibility index (Phi) is 4.79. The van der Waals surface area contributed by atoms with E-state index in [0.29, 0.717) is 12.0 Å². The maximum Gasteiger partial charge on any atom is 0.0436 e. The highest BCUT2D eigenvalue weighted by Crippen LogP contribution is 2.36. The second kappa shape index (κ2) is 6.35. The van der Waals surface area contributed by atoms with Crippen molar-refractivity contribution < 1.29 is 5.11 Å². The molecule has 1 fully saturated rings. The minimum atomic E-state index is 0.326. The number of hydrogen-bond donors (Lipinski definition) is 1. The van der Waals surface area contributed by atoms with Gasteiger partial charge in [0.15, 0.2) is 0 Å². The smallest absolute Gasteiger partial charge is 0.0436 e. The molecule has 0 amide bonds. The van der Waals surface area contributed by atoms with E-state index in [0.717, 1.165) is 19.5 Å². The maximum absolute atomic E-state index is 9.27. The van der Waals surface area contributed by atoms with Crippen molar-refractivity contribution >= 4 is 0 Å². The van der Waals surface area contributed by atoms with Crippen molar-refractivity contribution in [1.82, 2.24) is 4.90 Å². The van der Waals surface area contributed by atoms with Gasteiger partial charge in [0.25, 0.3) is 0 Å². The average molecular weight is 247 g/mol. The highest BCUT2D eigenvalue weighted by Gasteiger charge is 2.33. The second-order valence-electron chi connectivity index (χ2n) is 5.63. The standard InChI is InChI=1S/C16H25NO/c1-2-16(10-12-18)9-6-11-17(14-16)13-15-7-4-3-5-8-15/h3-5,7-8,18H,2,6,9-14H2,1H3/t16-/m0/s1. The first kappa shape index (κ1) is 13.6. The van der Waals surface area contributed by atoms with Crippen molar-refractivity contribution in [2.45, 2.75) is 39.2 Å². The van der Waals surface area contributed by atoms with Crippen LogP contribution in [0.2, 0.25) is 0 Å². The first-order valence-electron chi connectivity index (χ1n) is 7.15. The summed E-state index contributed by atoms with van der Waals surface area (Å²) in [5, 5.41) is 9.27. The molecule has 1 saturated heterocycles. The van der Waals surface area contributed by atoms with E-state index in [9.17, 15) is 5.11 Å². The number of benzene rings is 1. The van der Waals surface area contributed by atoms with Gasteiger partial charge in [-0.3, -0.25) is 4.90 Å². The van der Waals surface area contributed by atoms with Crippen molar-refractivity contribution in [3.8, 4) is 0 Å². The van der Waals surface area contributed by atoms with E-state index in [1.807, 2.05) is 0 Å². The Morgan fingerprint density at radius 2 is 2.06 bits per heavy atom. The summed E-state index contributed by atoms with van der Waals surface area (Å²) >= 11 is 0. The molecule has 0 radical (unpaired) electrons. The third-order valence-electron chi connectivity index (χ3n) is 4.38. The van der Waals surface area contributed by atoms with Crippen LogP contribution in [-0.4, -0.2) is 29.7 Å². The molecule has 2 heteroatoms. The number of piperidine rings is 1. The predicted octanol–water partition coefficient (Wildman–Crippen LogP) is 3.06. The number of aliphatic hydroxyl groups is 1. The van der Waals surface area contributed by atoms with E-state index < -0.39 is 0 Å². The summed E-state index contributed by atoms with van der Waals surface area (Å²) in [7, 11) is 0. The summed E-state index contributed by atoms with van der Waals surface area (Å²) in [5.74, 6) is 0. The molecule has 100 valence electrons. The molecule has 0 aromatic heterocycles. The maximum atomic E-state index is 9.27. The van der Waals surface area contributed by atoms with Crippen LogP contribution in [0.15, 0.2) is 30.3 Å². The zero-order chi connectivity index (χ0) is 12.8. The van der Waals surface area contributed by atoms with Crippen molar-refractivity contribution in [3.63, 3.8) is 0 Å². The molecular weight excluding hydrogens is 222 g/mol. The summed E-state index contributed by atoms with van der Waals surface area (Å²) in [6.45, 7) is 5.98. The van der Waals surface area contributed by atoms with E-state index in [-0.39, 0.29) is 0 Å². The molecule has 1 aromatic rings. The molecule has 18 heavy (non-hydrogen) atoms. The van der Waals surface area contributed by atoms with Crippen LogP contribution in [0.3, 0.4) is 0 Å². The summed E-state index contributed by atoms with van der Waals surface area (Å²) in [6.07, 6.45) is 4.67. The van der Waals surface area contributed by atoms with Gasteiger partial charge >= 0.3 is 0 Å². The Balaban J connectivity index is 1.98. The van der Waals surface area contributed by atoms with Crippen molar-refractivity contribution in [2.75, 3.05) is 19.7 Å². The van der Waals surface area contributed by atoms with Gasteiger partial charge < -0.3 is 5.11 Å². The molecule has 1 N–H and O–H groups in total. The first-order valence-corrected chi connectivity index (χ1v) is 7.15. The van der Waals surface area contributed by atoms with E-state index >= 15 is 0 Å². The van der Waals surface area contributed by atoms with Crippen LogP contribution < -0.4 is 0 Å². The van der Waals surface area contributed by atoms with Crippen molar-refractivity contribution in [3.05, 3.63) is 35.9 Å². The van der Waals surface area contributed by atoms with E-state index in [4.69, 9.17) is 0 Å². The highest BCUT2D eigenvalue weighted by atomic mass is 16.3. The van der Waals surface area contributed by atoms with Crippen molar-refractivity contribution in [2.24, 2.45) is 5.41 Å². The van der Waals surface area contributed by atoms with Gasteiger partial charge in [-0.25, -0.2) is 0 Å². The van der Waals surface area contributed by atoms with E-state index in [1.54, 1.807) is 0 Å². The van der Waals surface area contributed by atoms with E-state index in [2.05, 4.69) is 42.2 Å². The zero-order valence-electron chi connectivity index (χ0n) is 11.4. The minimum absolute atomic E-state index is 0.326. The van der Waals surface area contributed by atoms with Gasteiger partial charge in [-0.15, -0.1) is 0 Å². The first-order chi connectivity index (χ1) is 8.78. The number of hydrogen-bond acceptors (Lipinski definition) is 2. The number of aliphatic hydroxyl groups excluding tert-OH is 1. The van der Waals surface area contributed by atoms with Crippen LogP contribution >= 0.6 is 0 Å². The summed E-state index contributed by atoms with van der Waals surface area (Å²) in [6, 6.07) is 10.7. The highest BCUT2D eigenvalue weighted by molar-refractivity contribution is 5.14. The van der Waals surface area contributed by atoms with Crippen LogP contribution in [0, 0.1) is 5.41 Å². The number of rotatable bonds is 5. The fourth-order valence-corrected chi connectivity index (χ4v) is 3.19. The molecule has 1 aliphatic rings. The molecule has 0 bridgehead atoms. The lowest BCUT2D eigenvalue weighted by atomic mass is 9.75. The lowest BCUT2D eigenvalue weighted by Gasteiger charge is -2.42. The monoisotopic (exact) mass is 247 g/mol. The van der Waals surface area contributed by atoms with Crippen LogP contribution in [0.1, 0.15) is 38.2 Å². The molecule has 1 heterocycles. The molecule has 1 atom stereocenters. The lowest BCUT2D eigenvalue weighted by molar-refractivity contribution is 0.0546. The van der Waals surface area contributed by atoms with Crippen LogP contribution in [-0.2, 0) is 6.54 Å². The van der Waals surface area contributed by atoms with Crippen LogP contribution in [0.25, 0.3) is 0 Å². The molecule has 2 rings (SSSR count). The van der Waals surface area contributed by atoms with E-state index in [1.165, 1.54) is 31.4 Å². The third kappa shape index (κ3) is 3.33. The zero-order valence-corrected chi connectivity index (χ0v) is 11.4. The molecule has 0 unspecified atom stereocenters. The molecule has 0 spiro atoms. The van der Waals surface area contributed by atoms with Crippen LogP contribution in [0.5, 0.6) is 0 Å². The predicted molar refractivity (Wildman–Crippen MR) is 75.4 cm³/mol. The van der Waals surface area contributed by atoms with Gasteiger partial charge in [-0.2, -0.15) is 0 Å². The molecule has 2 nitrogen and oxygen atoms in total. The Labute approximate surface area is 111 Å². The topological polar surface area (TPSA) is 23.5 Å². The normalized spacial score (nSPS) is 25.2. The average Bonchev–Trinajstić information content (AvgIpc) is 2.41. The van der Waals surface area contributed by atoms with Gasteiger partial charge in [0.2, 0.25) is 0 Å². The van der Waals surface area contributed by atoms with Gasteiger partial charge in [0.05, 0.1) is 0 Å². The molecule has 0 aliphatic carbocycles. The Morgan fingerprint density at radius 1 is 1.28 bits per heavy atom. The quantitative estimate of drug-likeness (QED) is 0.864. The molecule has 1 aromatic carbocycles. The number of nitrogens with zero attached hydrogens (tertiary/aromatic N) is 1. The largest absolute Gasteiger partial charge is 0.396 e. The molecule has 0 saturated carbocycles. The van der Waals surface area contributed by atoms with Gasteiger partial charge in [0.1, 0.15) is 0 Å². The third-order valence-corrected chi connectivity index (χ3v) is 4.38. The van der Waals surface area contributed by atoms with Gasteiger partial charge in [-0.05, 0) is 43.2 Å². The minimum Gasteiger partial charge on any atom is -0.396 e. The molecular formula is C16H25NO. The fraction of sp³-hybridized carbons (Fsp3) is 0.625. The Hall–Kier alpha value is -0.860. The molecule has 1 aliphatic heterocycles. The number of likely N-dealkylation sites (tertiary alicyclic amines) is 1. The Morgan fingerprint density at radius 3 is 2.72 bits per heavy atom. The second-order valence-corrected chi connectivity index (χ2v) is 5.63. The van der Waals surface area contributed by atoms with Crippen molar-refractivity contribution in [1.29, 1.82) is 0 Å². The van der Waals surface area contributed by atoms with Crippen LogP contribution in [0.4, 0.5) is 0 Å². The SMILES string of the molecule is CC[C@@]1(CCO)CCCN(Cc2ccccc2)C1. The van der Waals surface area contributed by atoms with Gasteiger partial charge in [-0.1, -0.05) is 37.3 Å².